The highest BCUT2D eigenvalue weighted by Gasteiger charge is 2.19. The van der Waals surface area contributed by atoms with E-state index in [4.69, 9.17) is 4.74 Å². The molecule has 0 spiro atoms. The van der Waals surface area contributed by atoms with Crippen molar-refractivity contribution in [3.05, 3.63) is 24.3 Å². The monoisotopic (exact) mass is 205 g/mol. The van der Waals surface area contributed by atoms with Gasteiger partial charge in [0.2, 0.25) is 5.91 Å². The fraction of sp³-hybridized carbons (Fsp3) is 0.417. The summed E-state index contributed by atoms with van der Waals surface area (Å²) in [5.74, 6) is 1.01. The van der Waals surface area contributed by atoms with Gasteiger partial charge in [0.05, 0.1) is 7.11 Å². The van der Waals surface area contributed by atoms with Gasteiger partial charge in [0.1, 0.15) is 5.75 Å². The highest BCUT2D eigenvalue weighted by Crippen LogP contribution is 2.24. The first-order valence-corrected chi connectivity index (χ1v) is 5.25. The van der Waals surface area contributed by atoms with E-state index in [2.05, 4.69) is 0 Å². The second-order valence-electron chi connectivity index (χ2n) is 3.70. The lowest BCUT2D eigenvalue weighted by atomic mass is 10.1. The van der Waals surface area contributed by atoms with Gasteiger partial charge in [-0.25, -0.2) is 0 Å². The predicted octanol–water partition coefficient (Wildman–Crippen LogP) is 2.21. The van der Waals surface area contributed by atoms with Gasteiger partial charge in [-0.3, -0.25) is 4.79 Å². The first kappa shape index (κ1) is 10.0. The molecule has 0 atom stereocenters. The molecular formula is C12H15NO2. The van der Waals surface area contributed by atoms with E-state index in [9.17, 15) is 4.79 Å². The lowest BCUT2D eigenvalue weighted by Crippen LogP contribution is -2.35. The summed E-state index contributed by atoms with van der Waals surface area (Å²) in [6, 6.07) is 7.66. The molecule has 3 heteroatoms. The van der Waals surface area contributed by atoms with Crippen LogP contribution >= 0.6 is 0 Å². The summed E-state index contributed by atoms with van der Waals surface area (Å²) in [6.45, 7) is 0.825. The van der Waals surface area contributed by atoms with Crippen molar-refractivity contribution in [3.63, 3.8) is 0 Å². The normalized spacial score (nSPS) is 16.6. The first-order valence-electron chi connectivity index (χ1n) is 5.25. The molecule has 1 heterocycles. The average Bonchev–Trinajstić information content (AvgIpc) is 2.30. The van der Waals surface area contributed by atoms with Gasteiger partial charge in [-0.05, 0) is 25.0 Å². The van der Waals surface area contributed by atoms with Gasteiger partial charge in [-0.2, -0.15) is 0 Å². The molecule has 0 unspecified atom stereocenters. The average molecular weight is 205 g/mol. The van der Waals surface area contributed by atoms with E-state index >= 15 is 0 Å². The molecule has 1 amide bonds. The number of amides is 1. The summed E-state index contributed by atoms with van der Waals surface area (Å²) in [4.78, 5) is 13.5. The zero-order chi connectivity index (χ0) is 10.7. The van der Waals surface area contributed by atoms with Crippen molar-refractivity contribution in [2.24, 2.45) is 0 Å². The Morgan fingerprint density at radius 3 is 2.93 bits per heavy atom. The van der Waals surface area contributed by atoms with E-state index in [-0.39, 0.29) is 5.91 Å². The molecule has 15 heavy (non-hydrogen) atoms. The molecule has 1 saturated heterocycles. The molecule has 0 bridgehead atoms. The highest BCUT2D eigenvalue weighted by atomic mass is 16.5. The quantitative estimate of drug-likeness (QED) is 0.740. The number of ether oxygens (including phenoxy) is 1. The smallest absolute Gasteiger partial charge is 0.226 e. The molecule has 0 aromatic heterocycles. The fourth-order valence-electron chi connectivity index (χ4n) is 1.86. The van der Waals surface area contributed by atoms with E-state index in [1.807, 2.05) is 29.2 Å². The predicted molar refractivity (Wildman–Crippen MR) is 59.2 cm³/mol. The van der Waals surface area contributed by atoms with Crippen LogP contribution < -0.4 is 9.64 Å². The van der Waals surface area contributed by atoms with Crippen LogP contribution in [-0.2, 0) is 4.79 Å². The van der Waals surface area contributed by atoms with E-state index < -0.39 is 0 Å². The van der Waals surface area contributed by atoms with Crippen molar-refractivity contribution in [1.29, 1.82) is 0 Å². The molecule has 1 aliphatic rings. The van der Waals surface area contributed by atoms with Crippen molar-refractivity contribution < 1.29 is 9.53 Å². The summed E-state index contributed by atoms with van der Waals surface area (Å²) in [5, 5.41) is 0. The molecule has 1 aromatic carbocycles. The molecule has 0 N–H and O–H groups in total. The van der Waals surface area contributed by atoms with Crippen LogP contribution in [0.2, 0.25) is 0 Å². The van der Waals surface area contributed by atoms with Gasteiger partial charge in [-0.15, -0.1) is 0 Å². The van der Waals surface area contributed by atoms with Crippen LogP contribution in [0.1, 0.15) is 19.3 Å². The van der Waals surface area contributed by atoms with Crippen molar-refractivity contribution in [1.82, 2.24) is 0 Å². The molecule has 2 rings (SSSR count). The Balaban J connectivity index is 2.23. The summed E-state index contributed by atoms with van der Waals surface area (Å²) in [6.07, 6.45) is 2.76. The molecule has 1 aliphatic heterocycles. The van der Waals surface area contributed by atoms with Crippen molar-refractivity contribution in [3.8, 4) is 5.75 Å². The number of anilines is 1. The second kappa shape index (κ2) is 4.34. The van der Waals surface area contributed by atoms with Crippen LogP contribution in [0.25, 0.3) is 0 Å². The lowest BCUT2D eigenvalue weighted by molar-refractivity contribution is -0.119. The number of hydrogen-bond donors (Lipinski definition) is 0. The third-order valence-electron chi connectivity index (χ3n) is 2.69. The number of carbonyl (C=O) groups excluding carboxylic acids is 1. The van der Waals surface area contributed by atoms with Gasteiger partial charge in [0, 0.05) is 24.7 Å². The zero-order valence-electron chi connectivity index (χ0n) is 8.90. The molecule has 1 fully saturated rings. The van der Waals surface area contributed by atoms with E-state index in [1.165, 1.54) is 0 Å². The Bertz CT molecular complexity index is 362. The van der Waals surface area contributed by atoms with Crippen LogP contribution in [0.3, 0.4) is 0 Å². The Morgan fingerprint density at radius 2 is 2.20 bits per heavy atom. The van der Waals surface area contributed by atoms with Crippen LogP contribution in [0.15, 0.2) is 24.3 Å². The number of rotatable bonds is 2. The Kier molecular flexibility index (Phi) is 2.90. The topological polar surface area (TPSA) is 29.5 Å². The molecule has 80 valence electrons. The van der Waals surface area contributed by atoms with Gasteiger partial charge < -0.3 is 9.64 Å². The summed E-state index contributed by atoms with van der Waals surface area (Å²) >= 11 is 0. The fourth-order valence-corrected chi connectivity index (χ4v) is 1.86. The van der Waals surface area contributed by atoms with Crippen LogP contribution in [0.4, 0.5) is 5.69 Å². The van der Waals surface area contributed by atoms with Gasteiger partial charge in [-0.1, -0.05) is 6.07 Å². The third-order valence-corrected chi connectivity index (χ3v) is 2.69. The van der Waals surface area contributed by atoms with E-state index in [1.54, 1.807) is 7.11 Å². The minimum Gasteiger partial charge on any atom is -0.497 e. The van der Waals surface area contributed by atoms with Crippen LogP contribution in [0, 0.1) is 0 Å². The largest absolute Gasteiger partial charge is 0.497 e. The van der Waals surface area contributed by atoms with Crippen molar-refractivity contribution in [2.45, 2.75) is 19.3 Å². The minimum absolute atomic E-state index is 0.217. The minimum atomic E-state index is 0.217. The third kappa shape index (κ3) is 2.12. The maximum absolute atomic E-state index is 11.7. The number of hydrogen-bond acceptors (Lipinski definition) is 2. The Labute approximate surface area is 89.7 Å². The van der Waals surface area contributed by atoms with E-state index in [0.29, 0.717) is 6.42 Å². The van der Waals surface area contributed by atoms with Crippen LogP contribution in [-0.4, -0.2) is 19.6 Å². The van der Waals surface area contributed by atoms with E-state index in [0.717, 1.165) is 30.8 Å². The maximum atomic E-state index is 11.7. The second-order valence-corrected chi connectivity index (χ2v) is 3.70. The molecule has 1 aromatic rings. The van der Waals surface area contributed by atoms with Crippen molar-refractivity contribution >= 4 is 11.6 Å². The molecule has 3 nitrogen and oxygen atoms in total. The van der Waals surface area contributed by atoms with Crippen molar-refractivity contribution in [2.75, 3.05) is 18.6 Å². The first-order chi connectivity index (χ1) is 7.31. The zero-order valence-corrected chi connectivity index (χ0v) is 8.90. The number of benzene rings is 1. The maximum Gasteiger partial charge on any atom is 0.226 e. The Hall–Kier alpha value is -1.51. The van der Waals surface area contributed by atoms with Gasteiger partial charge >= 0.3 is 0 Å². The summed E-state index contributed by atoms with van der Waals surface area (Å²) < 4.78 is 5.14. The Morgan fingerprint density at radius 1 is 1.33 bits per heavy atom. The number of piperidine rings is 1. The number of carbonyl (C=O) groups is 1. The SMILES string of the molecule is COc1cccc(N2CCCCC2=O)c1. The molecule has 0 radical (unpaired) electrons. The summed E-state index contributed by atoms with van der Waals surface area (Å²) in [5.41, 5.74) is 0.944. The lowest BCUT2D eigenvalue weighted by Gasteiger charge is -2.26. The van der Waals surface area contributed by atoms with Crippen LogP contribution in [0.5, 0.6) is 5.75 Å². The standard InChI is InChI=1S/C12H15NO2/c1-15-11-6-4-5-10(9-11)13-8-3-2-7-12(13)14/h4-6,9H,2-3,7-8H2,1H3. The van der Waals surface area contributed by atoms with Gasteiger partial charge in [0.25, 0.3) is 0 Å². The molecular weight excluding hydrogens is 190 g/mol. The molecule has 0 saturated carbocycles. The van der Waals surface area contributed by atoms with Gasteiger partial charge in [0.15, 0.2) is 0 Å². The molecule has 0 aliphatic carbocycles. The highest BCUT2D eigenvalue weighted by molar-refractivity contribution is 5.94. The number of methoxy groups -OCH3 is 1. The number of nitrogens with zero attached hydrogens (tertiary/aromatic N) is 1. The summed E-state index contributed by atoms with van der Waals surface area (Å²) in [7, 11) is 1.64.